The third-order valence-electron chi connectivity index (χ3n) is 0.667. The molecule has 1 aromatic rings. The van der Waals surface area contributed by atoms with Crippen LogP contribution in [-0.2, 0) is 0 Å². The van der Waals surface area contributed by atoms with Crippen molar-refractivity contribution in [3.8, 4) is 0 Å². The summed E-state index contributed by atoms with van der Waals surface area (Å²) in [6.45, 7) is 0. The molecular formula is C6H6Rn. The maximum Gasteiger partial charge on any atom is 0 e. The van der Waals surface area contributed by atoms with Crippen molar-refractivity contribution < 1.29 is 71.9 Å². The van der Waals surface area contributed by atoms with Crippen LogP contribution in [0.15, 0.2) is 36.4 Å². The molecule has 1 rings (SSSR count). The topological polar surface area (TPSA) is 0 Å². The number of hydrogen-bond donors (Lipinski definition) is 0. The Morgan fingerprint density at radius 2 is 0.571 bits per heavy atom. The Morgan fingerprint density at radius 3 is 0.714 bits per heavy atom. The predicted octanol–water partition coefficient (Wildman–Crippen LogP) is 1.69. The zero-order valence-corrected chi connectivity index (χ0v) is 6.57. The first kappa shape index (κ1) is 8.34. The molecule has 0 saturated carbocycles. The van der Waals surface area contributed by atoms with Crippen molar-refractivity contribution in [3.63, 3.8) is 0 Å². The van der Waals surface area contributed by atoms with Gasteiger partial charge in [-0.3, -0.25) is 0 Å². The Morgan fingerprint density at radius 1 is 0.429 bits per heavy atom. The van der Waals surface area contributed by atoms with Crippen LogP contribution in [0.25, 0.3) is 0 Å². The van der Waals surface area contributed by atoms with Gasteiger partial charge in [-0.05, 0) is 0 Å². The molecule has 0 bridgehead atoms. The molecule has 0 aliphatic rings. The van der Waals surface area contributed by atoms with E-state index in [0.29, 0.717) is 0 Å². The van der Waals surface area contributed by atoms with Gasteiger partial charge >= 0.3 is 0 Å². The van der Waals surface area contributed by atoms with Gasteiger partial charge in [0, 0.05) is 71.9 Å². The third kappa shape index (κ3) is 3.88. The fourth-order valence-electron chi connectivity index (χ4n) is 0.385. The van der Waals surface area contributed by atoms with Gasteiger partial charge in [0.25, 0.3) is 0 Å². The summed E-state index contributed by atoms with van der Waals surface area (Å²) in [5, 5.41) is 0. The second-order valence-electron chi connectivity index (χ2n) is 1.15. The van der Waals surface area contributed by atoms with E-state index in [9.17, 15) is 0 Å². The maximum absolute atomic E-state index is 2.00. The molecule has 0 aliphatic heterocycles. The van der Waals surface area contributed by atoms with E-state index in [-0.39, 0.29) is 71.9 Å². The van der Waals surface area contributed by atoms with Gasteiger partial charge in [0.05, 0.1) is 0 Å². The molecule has 0 saturated heterocycles. The maximum atomic E-state index is 2.00. The minimum atomic E-state index is 0. The second kappa shape index (κ2) is 5.47. The summed E-state index contributed by atoms with van der Waals surface area (Å²) in [7, 11) is 0. The Hall–Kier alpha value is 1.34. The minimum absolute atomic E-state index is 0. The molecule has 0 N–H and O–H groups in total. The molecule has 0 unspecified atom stereocenters. The van der Waals surface area contributed by atoms with Crippen molar-refractivity contribution >= 4 is 0 Å². The summed E-state index contributed by atoms with van der Waals surface area (Å²) in [5.74, 6) is 0. The molecule has 0 spiro atoms. The van der Waals surface area contributed by atoms with Gasteiger partial charge in [0.2, 0.25) is 0 Å². The first-order chi connectivity index (χ1) is 3.00. The van der Waals surface area contributed by atoms with Crippen LogP contribution in [0, 0.1) is 71.9 Å². The average molecular weight is 300 g/mol. The van der Waals surface area contributed by atoms with E-state index in [4.69, 9.17) is 0 Å². The zero-order valence-electron chi connectivity index (χ0n) is 3.82. The molecule has 0 atom stereocenters. The fraction of sp³-hybridized carbons (Fsp3) is 0. The third-order valence-corrected chi connectivity index (χ3v) is 0.667. The quantitative estimate of drug-likeness (QED) is 0.684. The molecule has 0 aliphatic carbocycles. The zero-order chi connectivity index (χ0) is 4.24. The van der Waals surface area contributed by atoms with Crippen LogP contribution in [0.3, 0.4) is 0 Å². The van der Waals surface area contributed by atoms with Gasteiger partial charge in [-0.1, -0.05) is 36.4 Å². The molecular weight excluding hydrogens is 294 g/mol. The number of benzene rings is 1. The fourth-order valence-corrected chi connectivity index (χ4v) is 0.385. The molecule has 0 heterocycles. The summed E-state index contributed by atoms with van der Waals surface area (Å²) in [6, 6.07) is 12.0. The Labute approximate surface area is 106 Å². The van der Waals surface area contributed by atoms with E-state index >= 15 is 0 Å². The van der Waals surface area contributed by atoms with E-state index in [2.05, 4.69) is 0 Å². The SMILES string of the molecule is [Rn].c1ccccc1. The molecule has 0 radical (unpaired) electrons. The van der Waals surface area contributed by atoms with E-state index in [1.165, 1.54) is 0 Å². The monoisotopic (exact) mass is 300 g/mol. The molecule has 38 valence electrons. The van der Waals surface area contributed by atoms with Crippen LogP contribution in [0.1, 0.15) is 0 Å². The van der Waals surface area contributed by atoms with Gasteiger partial charge in [0.1, 0.15) is 0 Å². The Kier molecular flexibility index (Phi) is 6.52. The Balaban J connectivity index is 0.000000360. The molecule has 1 aromatic carbocycles. The first-order valence-corrected chi connectivity index (χ1v) is 2.00. The Bertz CT molecular complexity index is 76.1. The number of hydrogen-bond acceptors (Lipinski definition) is 0. The summed E-state index contributed by atoms with van der Waals surface area (Å²) < 4.78 is 0. The standard InChI is InChI=1S/C6H6.Rn/c1-2-4-6-5-3-1;/h1-6H;. The van der Waals surface area contributed by atoms with Crippen molar-refractivity contribution in [2.24, 2.45) is 0 Å². The smallest absolute Gasteiger partial charge is 0 e. The van der Waals surface area contributed by atoms with Crippen molar-refractivity contribution in [2.75, 3.05) is 0 Å². The molecule has 0 fully saturated rings. The van der Waals surface area contributed by atoms with Crippen LogP contribution < -0.4 is 0 Å². The largest absolute Gasteiger partial charge is 0.0623 e. The van der Waals surface area contributed by atoms with Crippen LogP contribution in [0.4, 0.5) is 0 Å². The van der Waals surface area contributed by atoms with E-state index in [1.54, 1.807) is 0 Å². The van der Waals surface area contributed by atoms with Crippen molar-refractivity contribution in [3.05, 3.63) is 36.4 Å². The summed E-state index contributed by atoms with van der Waals surface area (Å²) in [4.78, 5) is 0. The van der Waals surface area contributed by atoms with Gasteiger partial charge < -0.3 is 0 Å². The molecule has 7 heavy (non-hydrogen) atoms. The molecule has 0 nitrogen and oxygen atoms in total. The van der Waals surface area contributed by atoms with E-state index in [0.717, 1.165) is 0 Å². The summed E-state index contributed by atoms with van der Waals surface area (Å²) in [6.07, 6.45) is 0. The summed E-state index contributed by atoms with van der Waals surface area (Å²) >= 11 is 0. The van der Waals surface area contributed by atoms with Gasteiger partial charge in [0.15, 0.2) is 0 Å². The van der Waals surface area contributed by atoms with Gasteiger partial charge in [-0.25, -0.2) is 0 Å². The van der Waals surface area contributed by atoms with Gasteiger partial charge in [-0.2, -0.15) is 0 Å². The molecule has 0 aromatic heterocycles. The van der Waals surface area contributed by atoms with Crippen LogP contribution in [0.5, 0.6) is 0 Å². The second-order valence-corrected chi connectivity index (χ2v) is 1.15. The van der Waals surface area contributed by atoms with Crippen molar-refractivity contribution in [1.82, 2.24) is 0 Å². The van der Waals surface area contributed by atoms with Crippen LogP contribution >= 0.6 is 0 Å². The van der Waals surface area contributed by atoms with Crippen molar-refractivity contribution in [1.29, 1.82) is 0 Å². The normalized spacial score (nSPS) is 6.86. The van der Waals surface area contributed by atoms with E-state index in [1.807, 2.05) is 36.4 Å². The van der Waals surface area contributed by atoms with Crippen LogP contribution in [-0.4, -0.2) is 0 Å². The predicted molar refractivity (Wildman–Crippen MR) is 26.4 cm³/mol. The molecule has 0 amide bonds. The summed E-state index contributed by atoms with van der Waals surface area (Å²) in [5.41, 5.74) is 0. The van der Waals surface area contributed by atoms with Crippen molar-refractivity contribution in [2.45, 2.75) is 0 Å². The van der Waals surface area contributed by atoms with E-state index < -0.39 is 0 Å². The van der Waals surface area contributed by atoms with Gasteiger partial charge in [-0.15, -0.1) is 0 Å². The first-order valence-electron chi connectivity index (χ1n) is 2.00. The minimum Gasteiger partial charge on any atom is -0.0623 e. The molecule has 1 heteroatoms. The average Bonchev–Trinajstić information content (AvgIpc) is 1.72. The number of rotatable bonds is 0. The van der Waals surface area contributed by atoms with Crippen LogP contribution in [0.2, 0.25) is 0 Å².